The molecular weight excluding hydrogens is 1030 g/mol. The van der Waals surface area contributed by atoms with Crippen LogP contribution in [0, 0.1) is 5.82 Å². The van der Waals surface area contributed by atoms with Gasteiger partial charge in [-0.15, -0.1) is 0 Å². The summed E-state index contributed by atoms with van der Waals surface area (Å²) in [5.74, 6) is -4.38. The standard InChI is InChI=1S/C58H62Cl2FN5O11/c59-36-18-22-42-45(32-36)64-56(74)58(42)50(41-12-8-13-43(60)51(41)61)52(65-57(58)24-4-1-5-25-57)53(71)63-37-19-16-35(17-20-37)47(69)15-3-7-27-76-29-31-77-30-28-75-26-6-2-10-39(68)34-62-44-14-9-11-40-49(44)55(73)66(54(40)72)46-23-21-38(67)33-48(46)70/h8-9,11-14,16-20,22,32,46,50,52,62,65H,1-7,10,15,21,23-31,33-34H2,(H,63,71)(H,64,74)/t46?,50-,52+,58+/m0/s1. The number of ketones is 4. The first-order chi connectivity index (χ1) is 37.2. The average Bonchev–Trinajstić information content (AvgIpc) is 4.17. The molecule has 77 heavy (non-hydrogen) atoms. The number of carbonyl (C=O) groups is 8. The molecule has 2 aliphatic carbocycles. The third kappa shape index (κ3) is 11.5. The van der Waals surface area contributed by atoms with Crippen molar-refractivity contribution in [2.24, 2.45) is 0 Å². The Hall–Kier alpha value is -6.21. The van der Waals surface area contributed by atoms with Gasteiger partial charge in [0, 0.05) is 71.6 Å². The number of unbranched alkanes of at least 4 members (excludes halogenated alkanes) is 2. The Morgan fingerprint density at radius 2 is 1.45 bits per heavy atom. The molecule has 4 atom stereocenters. The van der Waals surface area contributed by atoms with Crippen molar-refractivity contribution in [3.63, 3.8) is 0 Å². The highest BCUT2D eigenvalue weighted by molar-refractivity contribution is 6.31. The van der Waals surface area contributed by atoms with Crippen LogP contribution in [0.15, 0.2) is 78.9 Å². The highest BCUT2D eigenvalue weighted by Gasteiger charge is 2.72. The number of rotatable bonds is 24. The number of imide groups is 1. The number of Topliss-reactive ketones (excluding diaryl/α,β-unsaturated/α-hetero) is 4. The predicted molar refractivity (Wildman–Crippen MR) is 286 cm³/mol. The highest BCUT2D eigenvalue weighted by Crippen LogP contribution is 2.63. The third-order valence-electron chi connectivity index (χ3n) is 15.6. The van der Waals surface area contributed by atoms with E-state index in [1.54, 1.807) is 60.7 Å². The number of nitrogens with zero attached hydrogens (tertiary/aromatic N) is 1. The SMILES string of the molecule is O=C(CCCCOCCOCCOCCCCC(=O)c1ccc(NC(=O)[C@@H]2NC3(CCCCC3)[C@@]3(C(=O)Nc4cc(Cl)ccc43)[C@H]2c2cccc(Cl)c2F)cc1)CNc1cccc2c1C(=O)N(C1CCC(=O)CC1=O)C2=O. The van der Waals surface area contributed by atoms with Gasteiger partial charge in [0.2, 0.25) is 11.8 Å². The molecule has 3 heterocycles. The molecule has 19 heteroatoms. The number of anilines is 3. The second-order valence-corrected chi connectivity index (χ2v) is 21.3. The maximum Gasteiger partial charge on any atom is 0.264 e. The van der Waals surface area contributed by atoms with E-state index in [1.165, 1.54) is 12.1 Å². The van der Waals surface area contributed by atoms with Crippen LogP contribution in [-0.2, 0) is 43.6 Å². The second kappa shape index (κ2) is 24.6. The summed E-state index contributed by atoms with van der Waals surface area (Å²) in [5.41, 5.74) is 0.706. The van der Waals surface area contributed by atoms with E-state index in [9.17, 15) is 38.4 Å². The molecule has 0 aromatic heterocycles. The van der Waals surface area contributed by atoms with Gasteiger partial charge in [0.05, 0.1) is 67.6 Å². The van der Waals surface area contributed by atoms with E-state index in [0.717, 1.165) is 24.2 Å². The van der Waals surface area contributed by atoms with Crippen molar-refractivity contribution in [2.75, 3.05) is 62.1 Å². The minimum Gasteiger partial charge on any atom is -0.379 e. The van der Waals surface area contributed by atoms with E-state index in [4.69, 9.17) is 37.4 Å². The van der Waals surface area contributed by atoms with Gasteiger partial charge in [0.15, 0.2) is 17.3 Å². The summed E-state index contributed by atoms with van der Waals surface area (Å²) in [6.07, 6.45) is 6.89. The number of fused-ring (bicyclic) bond motifs is 4. The number of nitrogens with one attached hydrogen (secondary N) is 4. The molecule has 1 unspecified atom stereocenters. The van der Waals surface area contributed by atoms with Crippen LogP contribution in [0.1, 0.15) is 138 Å². The molecule has 9 rings (SSSR count). The largest absolute Gasteiger partial charge is 0.379 e. The van der Waals surface area contributed by atoms with Gasteiger partial charge in [-0.3, -0.25) is 48.6 Å². The van der Waals surface area contributed by atoms with Crippen molar-refractivity contribution in [3.8, 4) is 0 Å². The van der Waals surface area contributed by atoms with Crippen molar-refractivity contribution in [1.82, 2.24) is 10.2 Å². The molecule has 4 N–H and O–H groups in total. The van der Waals surface area contributed by atoms with Crippen molar-refractivity contribution in [1.29, 1.82) is 0 Å². The normalized spacial score (nSPS) is 21.4. The lowest BCUT2D eigenvalue weighted by Crippen LogP contribution is -2.60. The topological polar surface area (TPSA) is 216 Å². The fourth-order valence-corrected chi connectivity index (χ4v) is 12.4. The van der Waals surface area contributed by atoms with Gasteiger partial charge in [-0.2, -0.15) is 0 Å². The van der Waals surface area contributed by atoms with Crippen LogP contribution in [0.2, 0.25) is 10.0 Å². The summed E-state index contributed by atoms with van der Waals surface area (Å²) in [7, 11) is 0. The van der Waals surface area contributed by atoms with Crippen LogP contribution in [-0.4, -0.2) is 115 Å². The number of hydrogen-bond acceptors (Lipinski definition) is 13. The van der Waals surface area contributed by atoms with Crippen LogP contribution in [0.3, 0.4) is 0 Å². The van der Waals surface area contributed by atoms with Crippen LogP contribution in [0.25, 0.3) is 0 Å². The summed E-state index contributed by atoms with van der Waals surface area (Å²) in [5, 5.41) is 13.0. The summed E-state index contributed by atoms with van der Waals surface area (Å²) >= 11 is 12.8. The fraction of sp³-hybridized carbons (Fsp3) is 0.448. The summed E-state index contributed by atoms with van der Waals surface area (Å²) in [6, 6.07) is 19.3. The molecule has 406 valence electrons. The van der Waals surface area contributed by atoms with Crippen LogP contribution < -0.4 is 21.3 Å². The summed E-state index contributed by atoms with van der Waals surface area (Å²) < 4.78 is 33.2. The number of carbonyl (C=O) groups excluding carboxylic acids is 8. The van der Waals surface area contributed by atoms with Crippen molar-refractivity contribution in [2.45, 2.75) is 119 Å². The maximum atomic E-state index is 16.3. The maximum absolute atomic E-state index is 16.3. The van der Waals surface area contributed by atoms with E-state index in [0.29, 0.717) is 124 Å². The van der Waals surface area contributed by atoms with Crippen molar-refractivity contribution in [3.05, 3.63) is 123 Å². The summed E-state index contributed by atoms with van der Waals surface area (Å²) in [6.45, 7) is 2.40. The Labute approximate surface area is 455 Å². The molecule has 3 aliphatic heterocycles. The lowest BCUT2D eigenvalue weighted by atomic mass is 9.55. The Bertz CT molecular complexity index is 2950. The molecule has 2 spiro atoms. The number of halogens is 3. The van der Waals surface area contributed by atoms with Gasteiger partial charge >= 0.3 is 0 Å². The second-order valence-electron chi connectivity index (χ2n) is 20.4. The van der Waals surface area contributed by atoms with E-state index in [1.807, 2.05) is 6.07 Å². The van der Waals surface area contributed by atoms with E-state index < -0.39 is 58.3 Å². The minimum absolute atomic E-state index is 0.0390. The zero-order valence-corrected chi connectivity index (χ0v) is 44.2. The molecule has 16 nitrogen and oxygen atoms in total. The van der Waals surface area contributed by atoms with E-state index in [-0.39, 0.29) is 70.8 Å². The van der Waals surface area contributed by atoms with Gasteiger partial charge < -0.3 is 30.2 Å². The van der Waals surface area contributed by atoms with Crippen LogP contribution >= 0.6 is 23.2 Å². The monoisotopic (exact) mass is 1090 g/mol. The Balaban J connectivity index is 0.646. The molecule has 4 amide bonds. The third-order valence-corrected chi connectivity index (χ3v) is 16.2. The van der Waals surface area contributed by atoms with Gasteiger partial charge in [-0.05, 0) is 111 Å². The lowest BCUT2D eigenvalue weighted by Gasteiger charge is -2.47. The zero-order valence-electron chi connectivity index (χ0n) is 42.7. The van der Waals surface area contributed by atoms with Gasteiger partial charge in [-0.25, -0.2) is 4.39 Å². The number of amides is 4. The molecule has 4 aromatic rings. The number of hydrogen-bond donors (Lipinski definition) is 4. The van der Waals surface area contributed by atoms with Crippen molar-refractivity contribution < 1.29 is 57.0 Å². The smallest absolute Gasteiger partial charge is 0.264 e. The zero-order chi connectivity index (χ0) is 54.3. The van der Waals surface area contributed by atoms with Gasteiger partial charge in [0.1, 0.15) is 17.0 Å². The number of ether oxygens (including phenoxy) is 3. The molecule has 2 saturated carbocycles. The molecular formula is C58H62Cl2FN5O11. The first kappa shape index (κ1) is 55.5. The first-order valence-electron chi connectivity index (χ1n) is 26.6. The van der Waals surface area contributed by atoms with Gasteiger partial charge in [-0.1, -0.05) is 66.7 Å². The Morgan fingerprint density at radius 1 is 0.766 bits per heavy atom. The molecule has 3 fully saturated rings. The summed E-state index contributed by atoms with van der Waals surface area (Å²) in [4.78, 5) is 107. The van der Waals surface area contributed by atoms with E-state index >= 15 is 4.39 Å². The Morgan fingerprint density at radius 3 is 2.17 bits per heavy atom. The predicted octanol–water partition coefficient (Wildman–Crippen LogP) is 8.96. The van der Waals surface area contributed by atoms with Gasteiger partial charge in [0.25, 0.3) is 11.8 Å². The Kier molecular flexibility index (Phi) is 17.8. The lowest BCUT2D eigenvalue weighted by molar-refractivity contribution is -0.133. The minimum atomic E-state index is -1.36. The number of benzene rings is 4. The average molecular weight is 1100 g/mol. The molecule has 0 bridgehead atoms. The first-order valence-corrected chi connectivity index (χ1v) is 27.3. The fourth-order valence-electron chi connectivity index (χ4n) is 12.0. The van der Waals surface area contributed by atoms with E-state index in [2.05, 4.69) is 21.3 Å². The quantitative estimate of drug-likeness (QED) is 0.0223. The molecule has 1 saturated heterocycles. The highest BCUT2D eigenvalue weighted by atomic mass is 35.5. The molecule has 5 aliphatic rings. The van der Waals surface area contributed by atoms with Crippen molar-refractivity contribution >= 4 is 87.0 Å². The van der Waals surface area contributed by atoms with Crippen LogP contribution in [0.4, 0.5) is 21.5 Å². The molecule has 0 radical (unpaired) electrons. The molecule has 4 aromatic carbocycles. The van der Waals surface area contributed by atoms with Crippen LogP contribution in [0.5, 0.6) is 0 Å².